The van der Waals surface area contributed by atoms with Crippen LogP contribution in [0.1, 0.15) is 21.6 Å². The molecule has 98 valence electrons. The van der Waals surface area contributed by atoms with Crippen molar-refractivity contribution in [1.29, 1.82) is 0 Å². The topological polar surface area (TPSA) is 46.1 Å². The molecule has 0 N–H and O–H groups in total. The zero-order valence-corrected chi connectivity index (χ0v) is 11.8. The van der Waals surface area contributed by atoms with Crippen LogP contribution in [0.2, 0.25) is 5.15 Å². The Morgan fingerprint density at radius 1 is 1.26 bits per heavy atom. The second kappa shape index (κ2) is 5.36. The molecule has 1 aromatic carbocycles. The molecule has 2 rings (SSSR count). The lowest BCUT2D eigenvalue weighted by atomic mass is 10.1. The number of hydrogen-bond donors (Lipinski definition) is 0. The summed E-state index contributed by atoms with van der Waals surface area (Å²) in [4.78, 5) is 21.7. The minimum absolute atomic E-state index is 0.208. The molecule has 19 heavy (non-hydrogen) atoms. The van der Waals surface area contributed by atoms with Gasteiger partial charge in [-0.15, -0.1) is 0 Å². The summed E-state index contributed by atoms with van der Waals surface area (Å²) in [5, 5.41) is 0.208. The van der Waals surface area contributed by atoms with E-state index in [9.17, 15) is 4.79 Å². The van der Waals surface area contributed by atoms with Gasteiger partial charge in [0.2, 0.25) is 0 Å². The van der Waals surface area contributed by atoms with E-state index in [2.05, 4.69) is 9.97 Å². The van der Waals surface area contributed by atoms with E-state index in [4.69, 9.17) is 11.6 Å². The van der Waals surface area contributed by atoms with Crippen molar-refractivity contribution >= 4 is 23.2 Å². The lowest BCUT2D eigenvalue weighted by Gasteiger charge is -2.19. The van der Waals surface area contributed by atoms with Gasteiger partial charge in [0.1, 0.15) is 10.8 Å². The molecule has 1 heterocycles. The predicted octanol–water partition coefficient (Wildman–Crippen LogP) is 3.02. The largest absolute Gasteiger partial charge is 0.310 e. The van der Waals surface area contributed by atoms with E-state index in [-0.39, 0.29) is 16.8 Å². The van der Waals surface area contributed by atoms with Gasteiger partial charge >= 0.3 is 0 Å². The van der Waals surface area contributed by atoms with Crippen LogP contribution < -0.4 is 4.90 Å². The van der Waals surface area contributed by atoms with Crippen molar-refractivity contribution in [3.63, 3.8) is 0 Å². The van der Waals surface area contributed by atoms with E-state index in [0.717, 1.165) is 16.8 Å². The number of aryl methyl sites for hydroxylation is 2. The zero-order valence-electron chi connectivity index (χ0n) is 11.0. The minimum Gasteiger partial charge on any atom is -0.310 e. The van der Waals surface area contributed by atoms with E-state index >= 15 is 0 Å². The van der Waals surface area contributed by atoms with Gasteiger partial charge in [-0.1, -0.05) is 29.3 Å². The summed E-state index contributed by atoms with van der Waals surface area (Å²) in [5.74, 6) is -0.234. The summed E-state index contributed by atoms with van der Waals surface area (Å²) in [5.41, 5.74) is 3.27. The fourth-order valence-corrected chi connectivity index (χ4v) is 2.06. The maximum absolute atomic E-state index is 12.3. The summed E-state index contributed by atoms with van der Waals surface area (Å²) < 4.78 is 0. The van der Waals surface area contributed by atoms with Crippen molar-refractivity contribution in [2.45, 2.75) is 13.8 Å². The summed E-state index contributed by atoms with van der Waals surface area (Å²) in [6.07, 6.45) is 2.81. The molecule has 0 spiro atoms. The van der Waals surface area contributed by atoms with Crippen molar-refractivity contribution in [3.8, 4) is 0 Å². The number of halogens is 1. The molecule has 0 unspecified atom stereocenters. The molecule has 1 aromatic heterocycles. The molecular formula is C14H14ClN3O. The molecule has 0 aliphatic heterocycles. The second-order valence-corrected chi connectivity index (χ2v) is 4.77. The Bertz CT molecular complexity index is 628. The number of anilines is 1. The smallest absolute Gasteiger partial charge is 0.278 e. The Hall–Kier alpha value is -1.94. The standard InChI is InChI=1S/C14H14ClN3O/c1-9-4-5-12(10(2)6-9)18(3)14(19)11-7-16-8-13(15)17-11/h4-8H,1-3H3. The van der Waals surface area contributed by atoms with Crippen molar-refractivity contribution in [2.75, 3.05) is 11.9 Å². The molecule has 0 atom stereocenters. The Morgan fingerprint density at radius 2 is 2.00 bits per heavy atom. The average Bonchev–Trinajstić information content (AvgIpc) is 2.37. The highest BCUT2D eigenvalue weighted by atomic mass is 35.5. The Labute approximate surface area is 117 Å². The third kappa shape index (κ3) is 2.90. The van der Waals surface area contributed by atoms with Gasteiger partial charge in [0, 0.05) is 12.7 Å². The van der Waals surface area contributed by atoms with Gasteiger partial charge in [0.05, 0.1) is 12.4 Å². The van der Waals surface area contributed by atoms with E-state index in [1.807, 2.05) is 32.0 Å². The third-order valence-electron chi connectivity index (χ3n) is 2.84. The zero-order chi connectivity index (χ0) is 14.0. The Kier molecular flexibility index (Phi) is 3.81. The normalized spacial score (nSPS) is 10.3. The highest BCUT2D eigenvalue weighted by Crippen LogP contribution is 2.21. The Balaban J connectivity index is 2.33. The number of carbonyl (C=O) groups is 1. The van der Waals surface area contributed by atoms with Gasteiger partial charge in [-0.05, 0) is 25.5 Å². The van der Waals surface area contributed by atoms with Gasteiger partial charge < -0.3 is 4.90 Å². The first kappa shape index (κ1) is 13.5. The van der Waals surface area contributed by atoms with Crippen LogP contribution in [-0.2, 0) is 0 Å². The van der Waals surface area contributed by atoms with Crippen molar-refractivity contribution in [3.05, 3.63) is 52.6 Å². The molecule has 2 aromatic rings. The van der Waals surface area contributed by atoms with Crippen molar-refractivity contribution in [1.82, 2.24) is 9.97 Å². The monoisotopic (exact) mass is 275 g/mol. The predicted molar refractivity (Wildman–Crippen MR) is 75.7 cm³/mol. The number of carbonyl (C=O) groups excluding carboxylic acids is 1. The molecule has 0 radical (unpaired) electrons. The van der Waals surface area contributed by atoms with Gasteiger partial charge in [0.25, 0.3) is 5.91 Å². The molecule has 1 amide bonds. The van der Waals surface area contributed by atoms with E-state index in [1.165, 1.54) is 12.4 Å². The fourth-order valence-electron chi connectivity index (χ4n) is 1.91. The van der Waals surface area contributed by atoms with Gasteiger partial charge in [0.15, 0.2) is 0 Å². The molecule has 4 nitrogen and oxygen atoms in total. The molecule has 5 heteroatoms. The molecule has 0 saturated carbocycles. The number of rotatable bonds is 2. The van der Waals surface area contributed by atoms with Crippen LogP contribution in [-0.4, -0.2) is 22.9 Å². The number of benzene rings is 1. The SMILES string of the molecule is Cc1ccc(N(C)C(=O)c2cncc(Cl)n2)c(C)c1. The minimum atomic E-state index is -0.234. The molecule has 0 saturated heterocycles. The highest BCUT2D eigenvalue weighted by Gasteiger charge is 2.17. The summed E-state index contributed by atoms with van der Waals surface area (Å²) >= 11 is 5.75. The molecular weight excluding hydrogens is 262 g/mol. The van der Waals surface area contributed by atoms with Crippen LogP contribution in [0, 0.1) is 13.8 Å². The van der Waals surface area contributed by atoms with Gasteiger partial charge in [-0.2, -0.15) is 0 Å². The van der Waals surface area contributed by atoms with Crippen LogP contribution in [0.25, 0.3) is 0 Å². The van der Waals surface area contributed by atoms with Crippen LogP contribution in [0.4, 0.5) is 5.69 Å². The highest BCUT2D eigenvalue weighted by molar-refractivity contribution is 6.29. The van der Waals surface area contributed by atoms with E-state index < -0.39 is 0 Å². The van der Waals surface area contributed by atoms with Crippen LogP contribution >= 0.6 is 11.6 Å². The first-order valence-electron chi connectivity index (χ1n) is 5.82. The number of aromatic nitrogens is 2. The van der Waals surface area contributed by atoms with Gasteiger partial charge in [-0.3, -0.25) is 9.78 Å². The van der Waals surface area contributed by atoms with E-state index in [0.29, 0.717) is 0 Å². The van der Waals surface area contributed by atoms with Crippen LogP contribution in [0.15, 0.2) is 30.6 Å². The maximum atomic E-state index is 12.3. The molecule has 0 bridgehead atoms. The Morgan fingerprint density at radius 3 is 2.63 bits per heavy atom. The summed E-state index contributed by atoms with van der Waals surface area (Å²) in [6, 6.07) is 5.92. The molecule has 0 fully saturated rings. The number of nitrogens with zero attached hydrogens (tertiary/aromatic N) is 3. The first-order chi connectivity index (χ1) is 8.99. The fraction of sp³-hybridized carbons (Fsp3) is 0.214. The lowest BCUT2D eigenvalue weighted by molar-refractivity contribution is 0.0987. The number of amides is 1. The van der Waals surface area contributed by atoms with Gasteiger partial charge in [-0.25, -0.2) is 4.98 Å². The first-order valence-corrected chi connectivity index (χ1v) is 6.19. The van der Waals surface area contributed by atoms with E-state index in [1.54, 1.807) is 11.9 Å². The molecule has 0 aliphatic rings. The lowest BCUT2D eigenvalue weighted by Crippen LogP contribution is -2.27. The quantitative estimate of drug-likeness (QED) is 0.846. The van der Waals surface area contributed by atoms with Crippen molar-refractivity contribution < 1.29 is 4.79 Å². The summed E-state index contributed by atoms with van der Waals surface area (Å²) in [7, 11) is 1.71. The maximum Gasteiger partial charge on any atom is 0.278 e. The van der Waals surface area contributed by atoms with Crippen molar-refractivity contribution in [2.24, 2.45) is 0 Å². The van der Waals surface area contributed by atoms with Crippen LogP contribution in [0.5, 0.6) is 0 Å². The average molecular weight is 276 g/mol. The third-order valence-corrected chi connectivity index (χ3v) is 3.02. The van der Waals surface area contributed by atoms with Crippen LogP contribution in [0.3, 0.4) is 0 Å². The number of hydrogen-bond acceptors (Lipinski definition) is 3. The summed E-state index contributed by atoms with van der Waals surface area (Å²) in [6.45, 7) is 3.98. The second-order valence-electron chi connectivity index (χ2n) is 4.38. The molecule has 0 aliphatic carbocycles.